The number of ether oxygens (including phenoxy) is 1. The Hall–Kier alpha value is -3.57. The van der Waals surface area contributed by atoms with Gasteiger partial charge in [-0.15, -0.1) is 0 Å². The number of rotatable bonds is 7. The third-order valence-corrected chi connectivity index (χ3v) is 5.61. The van der Waals surface area contributed by atoms with Gasteiger partial charge in [0.25, 0.3) is 18.2 Å². The first-order valence-electron chi connectivity index (χ1n) is 10.6. The largest absolute Gasteiger partial charge is 0.469 e. The van der Waals surface area contributed by atoms with Crippen molar-refractivity contribution in [3.63, 3.8) is 0 Å². The number of carbonyl (C=O) groups excluding carboxylic acids is 1. The molecule has 0 aliphatic heterocycles. The third kappa shape index (κ3) is 5.75. The molecule has 0 atom stereocenters. The highest BCUT2D eigenvalue weighted by atomic mass is 19.3. The summed E-state index contributed by atoms with van der Waals surface area (Å²) in [6.07, 6.45) is -2.11. The molecular formula is C23H19F6N3O3. The van der Waals surface area contributed by atoms with Crippen LogP contribution in [0.2, 0.25) is 0 Å². The third-order valence-electron chi connectivity index (χ3n) is 5.61. The smallest absolute Gasteiger partial charge is 0.294 e. The highest BCUT2D eigenvalue weighted by Gasteiger charge is 2.37. The van der Waals surface area contributed by atoms with E-state index in [9.17, 15) is 31.1 Å². The SMILES string of the molecule is O=C(Nc1c(-c2cc(F)ccc2F)ccnc1C1CCC(F)(F)CC1)c1cc(OCC(F)F)no1. The van der Waals surface area contributed by atoms with Gasteiger partial charge in [0.15, 0.2) is 6.61 Å². The first-order chi connectivity index (χ1) is 16.6. The van der Waals surface area contributed by atoms with Crippen molar-refractivity contribution in [3.8, 4) is 17.0 Å². The van der Waals surface area contributed by atoms with E-state index in [4.69, 9.17) is 9.26 Å². The van der Waals surface area contributed by atoms with E-state index in [1.807, 2.05) is 0 Å². The summed E-state index contributed by atoms with van der Waals surface area (Å²) < 4.78 is 90.2. The van der Waals surface area contributed by atoms with Gasteiger partial charge in [0.05, 0.1) is 17.4 Å². The summed E-state index contributed by atoms with van der Waals surface area (Å²) in [5.41, 5.74) is 0.113. The van der Waals surface area contributed by atoms with Crippen molar-refractivity contribution in [2.75, 3.05) is 11.9 Å². The lowest BCUT2D eigenvalue weighted by Crippen LogP contribution is -2.25. The number of carbonyl (C=O) groups is 1. The van der Waals surface area contributed by atoms with Crippen LogP contribution in [-0.2, 0) is 0 Å². The summed E-state index contributed by atoms with van der Waals surface area (Å²) in [4.78, 5) is 17.1. The van der Waals surface area contributed by atoms with E-state index in [0.717, 1.165) is 24.3 Å². The molecule has 35 heavy (non-hydrogen) atoms. The Balaban J connectivity index is 1.70. The normalized spacial score (nSPS) is 15.9. The molecule has 0 radical (unpaired) electrons. The minimum atomic E-state index is -2.82. The molecule has 12 heteroatoms. The van der Waals surface area contributed by atoms with Gasteiger partial charge in [0.2, 0.25) is 11.7 Å². The molecule has 1 fully saturated rings. The van der Waals surface area contributed by atoms with E-state index < -0.39 is 61.0 Å². The van der Waals surface area contributed by atoms with Gasteiger partial charge in [-0.2, -0.15) is 0 Å². The average Bonchev–Trinajstić information content (AvgIpc) is 3.29. The second kappa shape index (κ2) is 9.96. The fourth-order valence-corrected chi connectivity index (χ4v) is 3.92. The Bertz CT molecular complexity index is 1210. The van der Waals surface area contributed by atoms with Crippen molar-refractivity contribution in [2.24, 2.45) is 0 Å². The van der Waals surface area contributed by atoms with E-state index in [-0.39, 0.29) is 41.2 Å². The topological polar surface area (TPSA) is 77.2 Å². The molecule has 6 nitrogen and oxygen atoms in total. The Kier molecular flexibility index (Phi) is 6.99. The van der Waals surface area contributed by atoms with Crippen molar-refractivity contribution >= 4 is 11.6 Å². The lowest BCUT2D eigenvalue weighted by molar-refractivity contribution is -0.0384. The molecule has 1 aliphatic rings. The molecule has 186 valence electrons. The number of pyridine rings is 1. The lowest BCUT2D eigenvalue weighted by Gasteiger charge is -2.29. The van der Waals surface area contributed by atoms with Crippen LogP contribution in [0.1, 0.15) is 47.8 Å². The Morgan fingerprint density at radius 2 is 1.89 bits per heavy atom. The fourth-order valence-electron chi connectivity index (χ4n) is 3.92. The minimum Gasteiger partial charge on any atom is -0.469 e. The zero-order chi connectivity index (χ0) is 25.2. The van der Waals surface area contributed by atoms with Crippen molar-refractivity contribution in [2.45, 2.75) is 43.9 Å². The van der Waals surface area contributed by atoms with Crippen LogP contribution in [0.3, 0.4) is 0 Å². The maximum atomic E-state index is 14.6. The molecule has 1 saturated carbocycles. The van der Waals surface area contributed by atoms with Crippen LogP contribution in [0.5, 0.6) is 5.88 Å². The van der Waals surface area contributed by atoms with Gasteiger partial charge >= 0.3 is 0 Å². The molecule has 1 aliphatic carbocycles. The van der Waals surface area contributed by atoms with Gasteiger partial charge in [0, 0.05) is 36.1 Å². The van der Waals surface area contributed by atoms with Crippen LogP contribution >= 0.6 is 0 Å². The monoisotopic (exact) mass is 499 g/mol. The summed E-state index contributed by atoms with van der Waals surface area (Å²) in [5.74, 6) is -6.49. The molecule has 4 rings (SSSR count). The van der Waals surface area contributed by atoms with E-state index in [1.165, 1.54) is 12.3 Å². The van der Waals surface area contributed by atoms with Gasteiger partial charge < -0.3 is 14.6 Å². The Morgan fingerprint density at radius 1 is 1.14 bits per heavy atom. The predicted molar refractivity (Wildman–Crippen MR) is 112 cm³/mol. The number of hydrogen-bond donors (Lipinski definition) is 1. The van der Waals surface area contributed by atoms with Crippen LogP contribution in [0.25, 0.3) is 11.1 Å². The second-order valence-electron chi connectivity index (χ2n) is 8.06. The van der Waals surface area contributed by atoms with Gasteiger partial charge in [-0.25, -0.2) is 26.3 Å². The lowest BCUT2D eigenvalue weighted by atomic mass is 9.83. The first-order valence-corrected chi connectivity index (χ1v) is 10.6. The van der Waals surface area contributed by atoms with Crippen LogP contribution in [-0.4, -0.2) is 35.0 Å². The fraction of sp³-hybridized carbons (Fsp3) is 0.348. The number of hydrogen-bond acceptors (Lipinski definition) is 5. The van der Waals surface area contributed by atoms with E-state index >= 15 is 0 Å². The predicted octanol–water partition coefficient (Wildman–Crippen LogP) is 6.20. The quantitative estimate of drug-likeness (QED) is 0.392. The summed E-state index contributed by atoms with van der Waals surface area (Å²) in [6, 6.07) is 5.12. The number of aromatic nitrogens is 2. The molecule has 1 aromatic carbocycles. The Labute approximate surface area is 195 Å². The van der Waals surface area contributed by atoms with Gasteiger partial charge in [-0.3, -0.25) is 9.78 Å². The van der Waals surface area contributed by atoms with Crippen molar-refractivity contribution < 1.29 is 40.4 Å². The van der Waals surface area contributed by atoms with Crippen molar-refractivity contribution in [3.05, 3.63) is 59.6 Å². The van der Waals surface area contributed by atoms with Crippen LogP contribution in [0.4, 0.5) is 32.0 Å². The van der Waals surface area contributed by atoms with E-state index in [1.54, 1.807) is 0 Å². The van der Waals surface area contributed by atoms with Crippen molar-refractivity contribution in [1.29, 1.82) is 0 Å². The number of halogens is 6. The maximum absolute atomic E-state index is 14.6. The van der Waals surface area contributed by atoms with Gasteiger partial charge in [0.1, 0.15) is 11.6 Å². The number of benzene rings is 1. The first kappa shape index (κ1) is 24.6. The van der Waals surface area contributed by atoms with E-state index in [0.29, 0.717) is 0 Å². The van der Waals surface area contributed by atoms with Gasteiger partial charge in [-0.1, -0.05) is 0 Å². The van der Waals surface area contributed by atoms with Gasteiger partial charge in [-0.05, 0) is 42.3 Å². The number of nitrogens with one attached hydrogen (secondary N) is 1. The maximum Gasteiger partial charge on any atom is 0.294 e. The standard InChI is InChI=1S/C23H19F6N3O3/c24-13-1-2-16(25)15(9-13)14-5-8-30-20(12-3-6-23(28,29)7-4-12)21(14)31-22(33)17-10-19(32-35-17)34-11-18(26)27/h1-2,5,8-10,12,18H,3-4,6-7,11H2,(H,31,33). The second-order valence-corrected chi connectivity index (χ2v) is 8.06. The van der Waals surface area contributed by atoms with Crippen molar-refractivity contribution in [1.82, 2.24) is 10.1 Å². The molecule has 0 spiro atoms. The number of amides is 1. The number of alkyl halides is 4. The van der Waals surface area contributed by atoms with Crippen LogP contribution in [0, 0.1) is 11.6 Å². The molecule has 0 bridgehead atoms. The number of anilines is 1. The number of nitrogens with zero attached hydrogens (tertiary/aromatic N) is 2. The Morgan fingerprint density at radius 3 is 2.60 bits per heavy atom. The molecule has 2 aromatic heterocycles. The van der Waals surface area contributed by atoms with Crippen LogP contribution in [0.15, 0.2) is 41.1 Å². The molecule has 1 N–H and O–H groups in total. The zero-order valence-electron chi connectivity index (χ0n) is 18.0. The summed E-state index contributed by atoms with van der Waals surface area (Å²) in [7, 11) is 0. The summed E-state index contributed by atoms with van der Waals surface area (Å²) >= 11 is 0. The van der Waals surface area contributed by atoms with E-state index in [2.05, 4.69) is 15.5 Å². The molecule has 0 saturated heterocycles. The summed E-state index contributed by atoms with van der Waals surface area (Å²) in [5, 5.41) is 5.91. The minimum absolute atomic E-state index is 0.0105. The highest BCUT2D eigenvalue weighted by Crippen LogP contribution is 2.44. The molecule has 0 unspecified atom stereocenters. The molecule has 2 heterocycles. The average molecular weight is 499 g/mol. The molecule has 3 aromatic rings. The highest BCUT2D eigenvalue weighted by molar-refractivity contribution is 6.05. The molecular weight excluding hydrogens is 480 g/mol. The summed E-state index contributed by atoms with van der Waals surface area (Å²) in [6.45, 7) is -0.963. The van der Waals surface area contributed by atoms with Crippen LogP contribution < -0.4 is 10.1 Å². The zero-order valence-corrected chi connectivity index (χ0v) is 18.0. The molecule has 1 amide bonds.